The molecule has 4 aromatic rings. The number of aryl methyl sites for hydroxylation is 1. The highest BCUT2D eigenvalue weighted by molar-refractivity contribution is 6.00. The Morgan fingerprint density at radius 3 is 2.69 bits per heavy atom. The first-order valence-corrected chi connectivity index (χ1v) is 11.0. The van der Waals surface area contributed by atoms with Crippen LogP contribution in [0.3, 0.4) is 0 Å². The Balaban J connectivity index is 1.51. The fourth-order valence-electron chi connectivity index (χ4n) is 4.70. The molecule has 6 rings (SSSR count). The van der Waals surface area contributed by atoms with Gasteiger partial charge in [-0.05, 0) is 12.5 Å². The number of rotatable bonds is 4. The minimum atomic E-state index is -4.74. The third kappa shape index (κ3) is 3.54. The number of fused-ring (bicyclic) bond motifs is 2. The summed E-state index contributed by atoms with van der Waals surface area (Å²) in [5, 5.41) is 6.96. The molecule has 3 aromatic heterocycles. The highest BCUT2D eigenvalue weighted by atomic mass is 19.4. The van der Waals surface area contributed by atoms with Crippen molar-refractivity contribution in [3.05, 3.63) is 54.5 Å². The highest BCUT2D eigenvalue weighted by Crippen LogP contribution is 2.57. The van der Waals surface area contributed by atoms with Gasteiger partial charge in [-0.25, -0.2) is 15.0 Å². The molecule has 1 amide bonds. The van der Waals surface area contributed by atoms with Crippen LogP contribution in [0.4, 0.5) is 19.0 Å². The monoisotopic (exact) mass is 480 g/mol. The van der Waals surface area contributed by atoms with E-state index in [9.17, 15) is 18.0 Å². The van der Waals surface area contributed by atoms with Crippen molar-refractivity contribution in [3.8, 4) is 22.5 Å². The molecule has 0 radical (unpaired) electrons. The summed E-state index contributed by atoms with van der Waals surface area (Å²) in [6, 6.07) is 10.3. The van der Waals surface area contributed by atoms with Gasteiger partial charge in [0, 0.05) is 30.3 Å². The van der Waals surface area contributed by atoms with Crippen molar-refractivity contribution in [2.24, 2.45) is 18.4 Å². The lowest BCUT2D eigenvalue weighted by Gasteiger charge is -2.17. The number of hydrogen-bond acceptors (Lipinski definition) is 6. The normalized spacial score (nSPS) is 21.2. The van der Waals surface area contributed by atoms with E-state index < -0.39 is 28.9 Å². The SMILES string of the molecule is Cn1cc(-c2ncnc3cc(C(F)(F)F)c(NC(=O)C45COCC4C5)nc23)c(-c2ccccc2)n1. The number of anilines is 1. The number of nitrogens with one attached hydrogen (secondary N) is 1. The molecular formula is C24H19F3N6O2. The molecule has 35 heavy (non-hydrogen) atoms. The van der Waals surface area contributed by atoms with E-state index in [1.807, 2.05) is 30.3 Å². The summed E-state index contributed by atoms with van der Waals surface area (Å²) in [7, 11) is 1.75. The Labute approximate surface area is 197 Å². The molecule has 1 saturated carbocycles. The van der Waals surface area contributed by atoms with Crippen LogP contribution in [-0.4, -0.2) is 43.9 Å². The van der Waals surface area contributed by atoms with Crippen molar-refractivity contribution in [3.63, 3.8) is 0 Å². The predicted molar refractivity (Wildman–Crippen MR) is 120 cm³/mol. The summed E-state index contributed by atoms with van der Waals surface area (Å²) >= 11 is 0. The molecule has 2 atom stereocenters. The van der Waals surface area contributed by atoms with Gasteiger partial charge in [0.05, 0.1) is 24.1 Å². The van der Waals surface area contributed by atoms with Crippen LogP contribution in [0.5, 0.6) is 0 Å². The molecule has 2 unspecified atom stereocenters. The van der Waals surface area contributed by atoms with Crippen molar-refractivity contribution < 1.29 is 22.7 Å². The summed E-state index contributed by atoms with van der Waals surface area (Å²) < 4.78 is 48.8. The first-order chi connectivity index (χ1) is 16.8. The number of ether oxygens (including phenoxy) is 1. The smallest absolute Gasteiger partial charge is 0.380 e. The Bertz CT molecular complexity index is 1470. The summed E-state index contributed by atoms with van der Waals surface area (Å²) in [6.45, 7) is 0.634. The summed E-state index contributed by atoms with van der Waals surface area (Å²) in [4.78, 5) is 25.6. The predicted octanol–water partition coefficient (Wildman–Crippen LogP) is 4.09. The third-order valence-electron chi connectivity index (χ3n) is 6.64. The maximum absolute atomic E-state index is 13.9. The van der Waals surface area contributed by atoms with E-state index in [-0.39, 0.29) is 23.6 Å². The molecular weight excluding hydrogens is 461 g/mol. The largest absolute Gasteiger partial charge is 0.420 e. The van der Waals surface area contributed by atoms with E-state index >= 15 is 0 Å². The maximum atomic E-state index is 13.9. The number of nitrogens with zero attached hydrogens (tertiary/aromatic N) is 5. The van der Waals surface area contributed by atoms with Gasteiger partial charge in [0.25, 0.3) is 0 Å². The lowest BCUT2D eigenvalue weighted by Crippen LogP contribution is -2.28. The second kappa shape index (κ2) is 7.57. The van der Waals surface area contributed by atoms with Crippen molar-refractivity contribution in [1.82, 2.24) is 24.7 Å². The van der Waals surface area contributed by atoms with Crippen molar-refractivity contribution in [2.45, 2.75) is 12.6 Å². The average Bonchev–Trinajstić information content (AvgIpc) is 3.18. The second-order valence-corrected chi connectivity index (χ2v) is 8.93. The number of halogens is 3. The first-order valence-electron chi connectivity index (χ1n) is 11.0. The number of hydrogen-bond donors (Lipinski definition) is 1. The van der Waals surface area contributed by atoms with Gasteiger partial charge in [0.15, 0.2) is 0 Å². The second-order valence-electron chi connectivity index (χ2n) is 8.93. The van der Waals surface area contributed by atoms with Crippen LogP contribution in [-0.2, 0) is 22.8 Å². The summed E-state index contributed by atoms with van der Waals surface area (Å²) in [5.41, 5.74) is 0.616. The van der Waals surface area contributed by atoms with Crippen LogP contribution in [0, 0.1) is 11.3 Å². The van der Waals surface area contributed by atoms with Gasteiger partial charge in [-0.1, -0.05) is 30.3 Å². The number of alkyl halides is 3. The van der Waals surface area contributed by atoms with Gasteiger partial charge in [-0.15, -0.1) is 0 Å². The van der Waals surface area contributed by atoms with Gasteiger partial charge in [0.2, 0.25) is 5.91 Å². The van der Waals surface area contributed by atoms with E-state index in [0.717, 1.165) is 11.6 Å². The Hall–Kier alpha value is -3.86. The molecule has 1 saturated heterocycles. The van der Waals surface area contributed by atoms with Gasteiger partial charge in [-0.3, -0.25) is 9.48 Å². The maximum Gasteiger partial charge on any atom is 0.420 e. The Kier molecular flexibility index (Phi) is 4.69. The molecule has 11 heteroatoms. The van der Waals surface area contributed by atoms with Gasteiger partial charge in [0.1, 0.15) is 34.6 Å². The zero-order valence-electron chi connectivity index (χ0n) is 18.5. The number of carbonyl (C=O) groups is 1. The number of pyridine rings is 1. The number of benzene rings is 1. The van der Waals surface area contributed by atoms with Crippen LogP contribution in [0.2, 0.25) is 0 Å². The molecule has 1 aliphatic carbocycles. The molecule has 2 aliphatic rings. The number of aromatic nitrogens is 5. The van der Waals surface area contributed by atoms with Gasteiger partial charge in [-0.2, -0.15) is 18.3 Å². The van der Waals surface area contributed by atoms with E-state index in [1.54, 1.807) is 17.9 Å². The lowest BCUT2D eigenvalue weighted by atomic mass is 10.0. The van der Waals surface area contributed by atoms with Crippen molar-refractivity contribution >= 4 is 22.8 Å². The number of amides is 1. The fourth-order valence-corrected chi connectivity index (χ4v) is 4.70. The quantitative estimate of drug-likeness (QED) is 0.473. The van der Waals surface area contributed by atoms with Gasteiger partial charge < -0.3 is 10.1 Å². The standard InChI is InChI=1S/C24H19F3N6O2/c1-33-9-15(18(32-33)13-5-3-2-4-6-13)19-20-17(28-12-29-19)7-16(24(25,26)27)21(30-20)31-22(34)23-8-14(23)10-35-11-23/h2-7,9,12,14H,8,10-11H2,1H3,(H,30,31,34). The van der Waals surface area contributed by atoms with E-state index in [0.29, 0.717) is 30.0 Å². The van der Waals surface area contributed by atoms with E-state index in [4.69, 9.17) is 4.74 Å². The van der Waals surface area contributed by atoms with E-state index in [2.05, 4.69) is 25.4 Å². The van der Waals surface area contributed by atoms with Crippen LogP contribution in [0.15, 0.2) is 48.9 Å². The minimum Gasteiger partial charge on any atom is -0.380 e. The van der Waals surface area contributed by atoms with Crippen molar-refractivity contribution in [2.75, 3.05) is 18.5 Å². The van der Waals surface area contributed by atoms with E-state index in [1.165, 1.54) is 6.33 Å². The van der Waals surface area contributed by atoms with Crippen LogP contribution in [0.1, 0.15) is 12.0 Å². The lowest BCUT2D eigenvalue weighted by molar-refractivity contribution is -0.137. The summed E-state index contributed by atoms with van der Waals surface area (Å²) in [6.07, 6.45) is -1.22. The highest BCUT2D eigenvalue weighted by Gasteiger charge is 2.63. The molecule has 8 nitrogen and oxygen atoms in total. The van der Waals surface area contributed by atoms with Crippen LogP contribution >= 0.6 is 0 Å². The zero-order chi connectivity index (χ0) is 24.4. The molecule has 0 bridgehead atoms. The fraction of sp³-hybridized carbons (Fsp3) is 0.292. The summed E-state index contributed by atoms with van der Waals surface area (Å²) in [5.74, 6) is -1.05. The first kappa shape index (κ1) is 21.7. The molecule has 0 spiro atoms. The Morgan fingerprint density at radius 1 is 1.20 bits per heavy atom. The third-order valence-corrected chi connectivity index (χ3v) is 6.64. The minimum absolute atomic E-state index is 0.00912. The average molecular weight is 480 g/mol. The zero-order valence-corrected chi connectivity index (χ0v) is 18.5. The molecule has 1 aliphatic heterocycles. The molecule has 2 fully saturated rings. The topological polar surface area (TPSA) is 94.8 Å². The number of carbonyl (C=O) groups excluding carboxylic acids is 1. The van der Waals surface area contributed by atoms with Gasteiger partial charge >= 0.3 is 6.18 Å². The Morgan fingerprint density at radius 2 is 2.00 bits per heavy atom. The van der Waals surface area contributed by atoms with Crippen LogP contribution in [0.25, 0.3) is 33.5 Å². The van der Waals surface area contributed by atoms with Crippen molar-refractivity contribution in [1.29, 1.82) is 0 Å². The molecule has 178 valence electrons. The molecule has 1 N–H and O–H groups in total. The van der Waals surface area contributed by atoms with Crippen LogP contribution < -0.4 is 5.32 Å². The molecule has 1 aromatic carbocycles. The molecule has 4 heterocycles.